The summed E-state index contributed by atoms with van der Waals surface area (Å²) in [4.78, 5) is 0. The second-order valence-corrected chi connectivity index (χ2v) is 8.41. The Balaban J connectivity index is 0.000000511. The molecule has 0 amide bonds. The van der Waals surface area contributed by atoms with Crippen molar-refractivity contribution in [3.63, 3.8) is 0 Å². The van der Waals surface area contributed by atoms with Crippen molar-refractivity contribution in [3.8, 4) is 0 Å². The maximum absolute atomic E-state index is 11.4. The SMILES string of the molecule is COCCn1c(C)cc(C)[n+]1C.O=S(=O)([N-]S(=O)(=O)C(F)(F)F)C(F)(F)F. The van der Waals surface area contributed by atoms with Gasteiger partial charge in [0.05, 0.1) is 12.3 Å². The number of rotatable bonds is 5. The summed E-state index contributed by atoms with van der Waals surface area (Å²) in [5.41, 5.74) is -9.84. The minimum atomic E-state index is -6.72. The molecule has 0 atom stereocenters. The van der Waals surface area contributed by atoms with Gasteiger partial charge in [-0.25, -0.2) is 16.8 Å². The number of aromatic nitrogens is 2. The number of nitrogens with zero attached hydrogens (tertiary/aromatic N) is 3. The fourth-order valence-electron chi connectivity index (χ4n) is 1.62. The number of alkyl halides is 6. The molecular weight excluding hydrogens is 432 g/mol. The molecular formula is C11H17F6N3O5S2. The van der Waals surface area contributed by atoms with Gasteiger partial charge in [-0.05, 0) is 6.92 Å². The topological polar surface area (TPSA) is 100 Å². The molecule has 0 aliphatic carbocycles. The van der Waals surface area contributed by atoms with Crippen LogP contribution in [0.3, 0.4) is 0 Å². The molecule has 16 heteroatoms. The highest BCUT2D eigenvalue weighted by Crippen LogP contribution is 2.36. The van der Waals surface area contributed by atoms with Gasteiger partial charge in [0.1, 0.15) is 6.54 Å². The van der Waals surface area contributed by atoms with Crippen LogP contribution in [0.4, 0.5) is 26.3 Å². The van der Waals surface area contributed by atoms with Crippen LogP contribution in [-0.2, 0) is 38.4 Å². The number of hydrogen-bond donors (Lipinski definition) is 0. The number of sulfonamides is 2. The summed E-state index contributed by atoms with van der Waals surface area (Å²) in [6.07, 6.45) is 0. The quantitative estimate of drug-likeness (QED) is 0.503. The van der Waals surface area contributed by atoms with E-state index in [9.17, 15) is 43.2 Å². The predicted octanol–water partition coefficient (Wildman–Crippen LogP) is 1.64. The average molecular weight is 449 g/mol. The summed E-state index contributed by atoms with van der Waals surface area (Å²) in [6, 6.07) is 2.18. The first-order chi connectivity index (χ1) is 11.9. The van der Waals surface area contributed by atoms with Crippen LogP contribution in [0, 0.1) is 13.8 Å². The van der Waals surface area contributed by atoms with Crippen LogP contribution in [0.15, 0.2) is 6.07 Å². The van der Waals surface area contributed by atoms with Gasteiger partial charge in [0.2, 0.25) is 5.69 Å². The molecule has 0 fully saturated rings. The molecule has 8 nitrogen and oxygen atoms in total. The van der Waals surface area contributed by atoms with E-state index in [1.165, 1.54) is 11.4 Å². The second-order valence-electron chi connectivity index (χ2n) is 4.98. The molecule has 0 saturated heterocycles. The average Bonchev–Trinajstić information content (AvgIpc) is 2.67. The van der Waals surface area contributed by atoms with Crippen LogP contribution in [0.5, 0.6) is 0 Å². The zero-order valence-electron chi connectivity index (χ0n) is 14.5. The third-order valence-corrected chi connectivity index (χ3v) is 5.73. The fourth-order valence-corrected chi connectivity index (χ4v) is 3.32. The van der Waals surface area contributed by atoms with Crippen molar-refractivity contribution in [3.05, 3.63) is 21.6 Å². The minimum Gasteiger partial charge on any atom is -0.421 e. The van der Waals surface area contributed by atoms with Gasteiger partial charge in [-0.2, -0.15) is 31.0 Å². The minimum absolute atomic E-state index is 0.767. The Morgan fingerprint density at radius 1 is 1.04 bits per heavy atom. The normalized spacial score (nSPS) is 13.3. The van der Waals surface area contributed by atoms with E-state index in [0.29, 0.717) is 0 Å². The van der Waals surface area contributed by atoms with Crippen LogP contribution in [0.2, 0.25) is 0 Å². The van der Waals surface area contributed by atoms with Crippen LogP contribution in [-0.4, -0.2) is 46.3 Å². The van der Waals surface area contributed by atoms with Crippen LogP contribution in [0.25, 0.3) is 4.13 Å². The van der Waals surface area contributed by atoms with E-state index in [4.69, 9.17) is 4.74 Å². The first-order valence-corrected chi connectivity index (χ1v) is 9.64. The second kappa shape index (κ2) is 8.74. The molecule has 1 heterocycles. The van der Waals surface area contributed by atoms with Gasteiger partial charge in [-0.3, -0.25) is 0 Å². The van der Waals surface area contributed by atoms with E-state index >= 15 is 0 Å². The van der Waals surface area contributed by atoms with Gasteiger partial charge in [0.25, 0.3) is 0 Å². The van der Waals surface area contributed by atoms with Crippen molar-refractivity contribution in [2.75, 3.05) is 13.7 Å². The number of hydrogen-bond acceptors (Lipinski definition) is 5. The van der Waals surface area contributed by atoms with E-state index in [2.05, 4.69) is 36.3 Å². The first kappa shape index (κ1) is 25.6. The Morgan fingerprint density at radius 3 is 1.70 bits per heavy atom. The highest BCUT2D eigenvalue weighted by molar-refractivity contribution is 8.13. The highest BCUT2D eigenvalue weighted by Gasteiger charge is 2.46. The maximum atomic E-state index is 11.4. The lowest BCUT2D eigenvalue weighted by Gasteiger charge is -2.22. The number of aryl methyl sites for hydroxylation is 2. The molecule has 0 N–H and O–H groups in total. The monoisotopic (exact) mass is 449 g/mol. The third kappa shape index (κ3) is 6.93. The number of methoxy groups -OCH3 is 1. The van der Waals surface area contributed by atoms with E-state index in [1.807, 2.05) is 0 Å². The van der Waals surface area contributed by atoms with Crippen molar-refractivity contribution in [1.82, 2.24) is 4.68 Å². The maximum Gasteiger partial charge on any atom is 0.480 e. The van der Waals surface area contributed by atoms with E-state index < -0.39 is 31.1 Å². The molecule has 0 aliphatic heterocycles. The molecule has 1 aromatic heterocycles. The first-order valence-electron chi connectivity index (χ1n) is 6.76. The van der Waals surface area contributed by atoms with Crippen molar-refractivity contribution >= 4 is 20.0 Å². The molecule has 27 heavy (non-hydrogen) atoms. The summed E-state index contributed by atoms with van der Waals surface area (Å²) in [7, 11) is -9.65. The molecule has 1 rings (SSSR count). The lowest BCUT2D eigenvalue weighted by molar-refractivity contribution is -0.759. The Kier molecular flexibility index (Phi) is 8.29. The van der Waals surface area contributed by atoms with Gasteiger partial charge >= 0.3 is 11.0 Å². The predicted molar refractivity (Wildman–Crippen MR) is 80.3 cm³/mol. The van der Waals surface area contributed by atoms with Crippen molar-refractivity contribution < 1.29 is 52.6 Å². The molecule has 0 aromatic carbocycles. The molecule has 0 spiro atoms. The van der Waals surface area contributed by atoms with Crippen molar-refractivity contribution in [2.45, 2.75) is 31.4 Å². The summed E-state index contributed by atoms with van der Waals surface area (Å²) < 4.78 is 119. The summed E-state index contributed by atoms with van der Waals surface area (Å²) in [6.45, 7) is 5.91. The van der Waals surface area contributed by atoms with Gasteiger partial charge in [-0.1, -0.05) is 0 Å². The zero-order chi connectivity index (χ0) is 21.8. The molecule has 0 radical (unpaired) electrons. The van der Waals surface area contributed by atoms with Gasteiger partial charge in [0, 0.05) is 20.1 Å². The van der Waals surface area contributed by atoms with Crippen molar-refractivity contribution in [2.24, 2.45) is 7.05 Å². The summed E-state index contributed by atoms with van der Waals surface area (Å²) in [5, 5.41) is 0. The molecule has 160 valence electrons. The standard InChI is InChI=1S/C9H17N2O.C2F6NO4S2/c1-8-7-9(2)11(10(8)3)5-6-12-4;3-1(4,5)14(10,11)9-15(12,13)2(6,7)8/h7H,5-6H2,1-4H3;/q+1;-1. The molecule has 0 bridgehead atoms. The Morgan fingerprint density at radius 2 is 1.44 bits per heavy atom. The van der Waals surface area contributed by atoms with E-state index in [1.54, 1.807) is 7.11 Å². The highest BCUT2D eigenvalue weighted by atomic mass is 32.3. The van der Waals surface area contributed by atoms with Crippen LogP contribution in [0.1, 0.15) is 11.4 Å². The van der Waals surface area contributed by atoms with Gasteiger partial charge in [-0.15, -0.1) is 4.68 Å². The van der Waals surface area contributed by atoms with Gasteiger partial charge < -0.3 is 8.86 Å². The Bertz CT molecular complexity index is 801. The third-order valence-electron chi connectivity index (χ3n) is 2.99. The lowest BCUT2D eigenvalue weighted by atomic mass is 10.4. The zero-order valence-corrected chi connectivity index (χ0v) is 16.1. The molecule has 0 saturated carbocycles. The van der Waals surface area contributed by atoms with Crippen molar-refractivity contribution in [1.29, 1.82) is 0 Å². The largest absolute Gasteiger partial charge is 0.480 e. The summed E-state index contributed by atoms with van der Waals surface area (Å²) in [5.74, 6) is 0. The fraction of sp³-hybridized carbons (Fsp3) is 0.727. The molecule has 0 unspecified atom stereocenters. The number of halogens is 6. The Labute approximate surface area is 151 Å². The van der Waals surface area contributed by atoms with E-state index in [0.717, 1.165) is 17.3 Å². The van der Waals surface area contributed by atoms with Crippen LogP contribution >= 0.6 is 0 Å². The molecule has 0 aliphatic rings. The Hall–Kier alpha value is -1.39. The van der Waals surface area contributed by atoms with E-state index in [-0.39, 0.29) is 0 Å². The summed E-state index contributed by atoms with van der Waals surface area (Å²) >= 11 is 0. The van der Waals surface area contributed by atoms with Crippen LogP contribution < -0.4 is 4.68 Å². The lowest BCUT2D eigenvalue weighted by Crippen LogP contribution is -2.42. The number of ether oxygens (including phenoxy) is 1. The molecule has 1 aromatic rings. The smallest absolute Gasteiger partial charge is 0.421 e. The van der Waals surface area contributed by atoms with Gasteiger partial charge in [0.15, 0.2) is 27.1 Å².